The number of hydrogen-bond donors (Lipinski definition) is 0. The molecule has 0 amide bonds. The van der Waals surface area contributed by atoms with Crippen molar-refractivity contribution >= 4 is 16.9 Å². The Morgan fingerprint density at radius 1 is 0.593 bits per heavy atom. The second-order valence-electron chi connectivity index (χ2n) is 15.3. The number of rotatable bonds is 7. The largest absolute Gasteiger partial charge is 0.310 e. The molecule has 6 aliphatic carbocycles. The van der Waals surface area contributed by atoms with Gasteiger partial charge in [-0.15, -0.1) is 0 Å². The molecule has 0 spiro atoms. The molecule has 0 saturated carbocycles. The second-order valence-corrected chi connectivity index (χ2v) is 15.3. The van der Waals surface area contributed by atoms with Crippen LogP contribution in [0.2, 0.25) is 0 Å². The van der Waals surface area contributed by atoms with E-state index in [0.717, 1.165) is 32.1 Å². The number of hydrogen-bond acceptors (Lipinski definition) is 1. The summed E-state index contributed by atoms with van der Waals surface area (Å²) in [4.78, 5) is 2.57. The normalized spacial score (nSPS) is 24.7. The fourth-order valence-electron chi connectivity index (χ4n) is 10.2. The molecule has 4 aromatic rings. The average molecular weight is 696 g/mol. The SMILES string of the molecule is C1=CCCC(C2(C3=CCCC=C3)c3cc(N(C4=C(c5ccccc5)C5CC=CC=C5C=C4)c4cccc(-c5ccccc5)c4)ccc3C3C=CC=CC32)=C1. The van der Waals surface area contributed by atoms with Gasteiger partial charge in [0.25, 0.3) is 0 Å². The highest BCUT2D eigenvalue weighted by atomic mass is 15.2. The Morgan fingerprint density at radius 2 is 1.39 bits per heavy atom. The Morgan fingerprint density at radius 3 is 2.20 bits per heavy atom. The van der Waals surface area contributed by atoms with E-state index in [1.165, 1.54) is 67.2 Å². The lowest BCUT2D eigenvalue weighted by atomic mass is 9.60. The summed E-state index contributed by atoms with van der Waals surface area (Å²) < 4.78 is 0. The van der Waals surface area contributed by atoms with Crippen LogP contribution in [-0.4, -0.2) is 0 Å². The van der Waals surface area contributed by atoms with E-state index in [0.29, 0.717) is 11.8 Å². The minimum Gasteiger partial charge on any atom is -0.310 e. The maximum Gasteiger partial charge on any atom is 0.0506 e. The standard InChI is InChI=1S/C53H45N/c1-5-18-38(19-6-1)41-23-17-28-44(36-41)54(51-35-32-39-20-13-14-29-46(39)52(51)40-21-7-2-8-22-40)45-33-34-48-47-30-15-16-31-49(47)53(50(48)37-45,42-24-9-3-10-25-42)43-26-11-4-12-27-43/h1-3,5-9,11,13-24,26-28,30-37,46-47,49H,4,10,12,25,29H2. The van der Waals surface area contributed by atoms with Gasteiger partial charge in [0.15, 0.2) is 0 Å². The van der Waals surface area contributed by atoms with Gasteiger partial charge in [0, 0.05) is 34.5 Å². The van der Waals surface area contributed by atoms with Crippen molar-refractivity contribution in [3.05, 3.63) is 233 Å². The highest BCUT2D eigenvalue weighted by molar-refractivity contribution is 5.87. The Hall–Kier alpha value is -5.92. The van der Waals surface area contributed by atoms with Gasteiger partial charge in [-0.3, -0.25) is 0 Å². The first-order valence-corrected chi connectivity index (χ1v) is 19.8. The quantitative estimate of drug-likeness (QED) is 0.186. The van der Waals surface area contributed by atoms with Crippen molar-refractivity contribution in [1.29, 1.82) is 0 Å². The highest BCUT2D eigenvalue weighted by Gasteiger charge is 2.54. The molecule has 4 atom stereocenters. The predicted molar refractivity (Wildman–Crippen MR) is 227 cm³/mol. The van der Waals surface area contributed by atoms with Gasteiger partial charge in [-0.1, -0.05) is 170 Å². The van der Waals surface area contributed by atoms with Gasteiger partial charge < -0.3 is 4.90 Å². The zero-order valence-corrected chi connectivity index (χ0v) is 30.7. The monoisotopic (exact) mass is 695 g/mol. The van der Waals surface area contributed by atoms with Crippen LogP contribution >= 0.6 is 0 Å². The average Bonchev–Trinajstić information content (AvgIpc) is 3.55. The van der Waals surface area contributed by atoms with Crippen LogP contribution in [0.15, 0.2) is 217 Å². The summed E-state index contributed by atoms with van der Waals surface area (Å²) in [6, 6.07) is 38.5. The van der Waals surface area contributed by atoms with E-state index in [-0.39, 0.29) is 11.3 Å². The first-order valence-electron chi connectivity index (χ1n) is 19.8. The van der Waals surface area contributed by atoms with Crippen LogP contribution in [0.5, 0.6) is 0 Å². The molecule has 4 aromatic carbocycles. The van der Waals surface area contributed by atoms with Gasteiger partial charge >= 0.3 is 0 Å². The van der Waals surface area contributed by atoms with Crippen LogP contribution in [0.1, 0.15) is 54.7 Å². The summed E-state index contributed by atoms with van der Waals surface area (Å²) in [7, 11) is 0. The molecule has 262 valence electrons. The van der Waals surface area contributed by atoms with Gasteiger partial charge in [-0.25, -0.2) is 0 Å². The molecule has 0 aromatic heterocycles. The Kier molecular flexibility index (Phi) is 8.37. The molecule has 4 unspecified atom stereocenters. The summed E-state index contributed by atoms with van der Waals surface area (Å²) in [6.45, 7) is 0. The molecule has 10 rings (SSSR count). The van der Waals surface area contributed by atoms with E-state index in [9.17, 15) is 0 Å². The molecule has 0 bridgehead atoms. The van der Waals surface area contributed by atoms with Gasteiger partial charge in [-0.05, 0) is 107 Å². The molecule has 6 aliphatic rings. The molecular formula is C53H45N. The summed E-state index contributed by atoms with van der Waals surface area (Å²) in [5, 5.41) is 0. The van der Waals surface area contributed by atoms with E-state index in [4.69, 9.17) is 0 Å². The van der Waals surface area contributed by atoms with Gasteiger partial charge in [0.05, 0.1) is 5.70 Å². The van der Waals surface area contributed by atoms with Crippen molar-refractivity contribution in [2.75, 3.05) is 4.90 Å². The van der Waals surface area contributed by atoms with E-state index in [1.54, 1.807) is 0 Å². The third kappa shape index (κ3) is 5.37. The van der Waals surface area contributed by atoms with Crippen LogP contribution in [0, 0.1) is 11.8 Å². The lowest BCUT2D eigenvalue weighted by Gasteiger charge is -2.43. The number of nitrogens with zero attached hydrogens (tertiary/aromatic N) is 1. The van der Waals surface area contributed by atoms with E-state index >= 15 is 0 Å². The molecule has 1 nitrogen and oxygen atoms in total. The minimum absolute atomic E-state index is 0.236. The van der Waals surface area contributed by atoms with E-state index in [2.05, 4.69) is 199 Å². The Balaban J connectivity index is 1.25. The third-order valence-electron chi connectivity index (χ3n) is 12.5. The van der Waals surface area contributed by atoms with Crippen molar-refractivity contribution < 1.29 is 0 Å². The van der Waals surface area contributed by atoms with Crippen LogP contribution < -0.4 is 4.90 Å². The summed E-state index contributed by atoms with van der Waals surface area (Å²) in [5.74, 6) is 0.928. The maximum atomic E-state index is 2.59. The van der Waals surface area contributed by atoms with Crippen LogP contribution in [0.25, 0.3) is 16.7 Å². The summed E-state index contributed by atoms with van der Waals surface area (Å²) in [5.41, 5.74) is 15.8. The zero-order chi connectivity index (χ0) is 35.9. The summed E-state index contributed by atoms with van der Waals surface area (Å²) in [6.07, 6.45) is 41.0. The molecule has 1 heteroatoms. The summed E-state index contributed by atoms with van der Waals surface area (Å²) >= 11 is 0. The molecule has 0 radical (unpaired) electrons. The van der Waals surface area contributed by atoms with Gasteiger partial charge in [-0.2, -0.15) is 0 Å². The molecule has 0 saturated heterocycles. The first kappa shape index (κ1) is 32.7. The predicted octanol–water partition coefficient (Wildman–Crippen LogP) is 13.6. The lowest BCUT2D eigenvalue weighted by molar-refractivity contribution is 0.433. The molecule has 0 N–H and O–H groups in total. The third-order valence-corrected chi connectivity index (χ3v) is 12.5. The van der Waals surface area contributed by atoms with Crippen molar-refractivity contribution in [2.45, 2.75) is 43.4 Å². The first-order chi connectivity index (χ1) is 26.8. The van der Waals surface area contributed by atoms with Crippen molar-refractivity contribution in [3.63, 3.8) is 0 Å². The smallest absolute Gasteiger partial charge is 0.0506 e. The molecule has 0 aliphatic heterocycles. The van der Waals surface area contributed by atoms with Crippen molar-refractivity contribution in [2.24, 2.45) is 11.8 Å². The maximum absolute atomic E-state index is 2.59. The minimum atomic E-state index is -0.236. The van der Waals surface area contributed by atoms with Crippen LogP contribution in [0.3, 0.4) is 0 Å². The fourth-order valence-corrected chi connectivity index (χ4v) is 10.2. The van der Waals surface area contributed by atoms with Gasteiger partial charge in [0.2, 0.25) is 0 Å². The highest BCUT2D eigenvalue weighted by Crippen LogP contribution is 2.62. The van der Waals surface area contributed by atoms with Crippen molar-refractivity contribution in [3.8, 4) is 11.1 Å². The Labute approximate surface area is 320 Å². The number of fused-ring (bicyclic) bond motifs is 4. The number of allylic oxidation sites excluding steroid dienone is 19. The lowest BCUT2D eigenvalue weighted by Crippen LogP contribution is -2.37. The van der Waals surface area contributed by atoms with E-state index < -0.39 is 0 Å². The van der Waals surface area contributed by atoms with Crippen molar-refractivity contribution in [1.82, 2.24) is 0 Å². The molecule has 54 heavy (non-hydrogen) atoms. The van der Waals surface area contributed by atoms with E-state index in [1.807, 2.05) is 0 Å². The number of anilines is 2. The van der Waals surface area contributed by atoms with Gasteiger partial charge in [0.1, 0.15) is 0 Å². The molecule has 0 fully saturated rings. The zero-order valence-electron chi connectivity index (χ0n) is 30.7. The number of benzene rings is 4. The topological polar surface area (TPSA) is 3.24 Å². The van der Waals surface area contributed by atoms with Crippen LogP contribution in [0.4, 0.5) is 11.4 Å². The Bertz CT molecular complexity index is 2420. The molecular weight excluding hydrogens is 651 g/mol. The van der Waals surface area contributed by atoms with Crippen LogP contribution in [-0.2, 0) is 5.41 Å². The fraction of sp³-hybridized carbons (Fsp3) is 0.170. The second kappa shape index (κ2) is 13.8. The molecule has 0 heterocycles.